The number of nitrogens with zero attached hydrogens (tertiary/aromatic N) is 4. The van der Waals surface area contributed by atoms with Crippen LogP contribution in [-0.4, -0.2) is 41.6 Å². The Bertz CT molecular complexity index is 775. The molecule has 1 aliphatic heterocycles. The van der Waals surface area contributed by atoms with E-state index in [-0.39, 0.29) is 11.9 Å². The molecule has 1 unspecified atom stereocenters. The number of rotatable bonds is 5. The highest BCUT2D eigenvalue weighted by Crippen LogP contribution is 2.21. The van der Waals surface area contributed by atoms with E-state index >= 15 is 0 Å². The van der Waals surface area contributed by atoms with Crippen molar-refractivity contribution in [2.24, 2.45) is 4.99 Å². The van der Waals surface area contributed by atoms with Gasteiger partial charge in [-0.2, -0.15) is 0 Å². The molecule has 0 saturated carbocycles. The second-order valence-electron chi connectivity index (χ2n) is 6.32. The molecule has 1 aliphatic rings. The normalized spacial score (nSPS) is 17.6. The van der Waals surface area contributed by atoms with Crippen molar-refractivity contribution in [3.63, 3.8) is 0 Å². The molecule has 0 aromatic carbocycles. The molecule has 1 fully saturated rings. The van der Waals surface area contributed by atoms with Gasteiger partial charge in [-0.05, 0) is 39.3 Å². The molecular weight excluding hydrogens is 351 g/mol. The number of hydrogen-bond acceptors (Lipinski definition) is 5. The monoisotopic (exact) mass is 376 g/mol. The van der Waals surface area contributed by atoms with Gasteiger partial charge in [-0.1, -0.05) is 0 Å². The van der Waals surface area contributed by atoms with Crippen LogP contribution in [0.5, 0.6) is 0 Å². The highest BCUT2D eigenvalue weighted by molar-refractivity contribution is 7.11. The summed E-state index contributed by atoms with van der Waals surface area (Å²) in [5, 5.41) is 7.82. The maximum atomic E-state index is 13.9. The predicted molar refractivity (Wildman–Crippen MR) is 104 cm³/mol. The minimum Gasteiger partial charge on any atom is -0.357 e. The Morgan fingerprint density at radius 3 is 3.00 bits per heavy atom. The van der Waals surface area contributed by atoms with Crippen LogP contribution < -0.4 is 15.5 Å². The minimum absolute atomic E-state index is 0.207. The van der Waals surface area contributed by atoms with Crippen molar-refractivity contribution in [2.45, 2.75) is 39.8 Å². The largest absolute Gasteiger partial charge is 0.357 e. The van der Waals surface area contributed by atoms with Crippen LogP contribution in [0.15, 0.2) is 23.3 Å². The third-order valence-corrected chi connectivity index (χ3v) is 5.35. The van der Waals surface area contributed by atoms with Crippen LogP contribution in [0.25, 0.3) is 0 Å². The Balaban J connectivity index is 1.62. The van der Waals surface area contributed by atoms with Crippen LogP contribution in [0.4, 0.5) is 10.2 Å². The van der Waals surface area contributed by atoms with Crippen LogP contribution >= 0.6 is 11.3 Å². The van der Waals surface area contributed by atoms with Crippen molar-refractivity contribution in [3.8, 4) is 0 Å². The zero-order valence-electron chi connectivity index (χ0n) is 15.4. The van der Waals surface area contributed by atoms with Gasteiger partial charge in [0, 0.05) is 36.8 Å². The van der Waals surface area contributed by atoms with Crippen molar-refractivity contribution in [2.75, 3.05) is 24.5 Å². The Hall–Kier alpha value is -2.22. The molecule has 2 aromatic rings. The standard InChI is InChI=1S/C18H25FN6S/c1-4-20-18(22-10-16-12(2)23-13(3)26-16)24-14-7-9-25(11-14)17-15(19)6-5-8-21-17/h5-6,8,14H,4,7,9-11H2,1-3H3,(H2,20,22,24). The fourth-order valence-electron chi connectivity index (χ4n) is 3.06. The van der Waals surface area contributed by atoms with E-state index in [9.17, 15) is 4.39 Å². The van der Waals surface area contributed by atoms with Crippen LogP contribution in [-0.2, 0) is 6.54 Å². The van der Waals surface area contributed by atoms with Gasteiger partial charge in [0.15, 0.2) is 17.6 Å². The van der Waals surface area contributed by atoms with E-state index in [4.69, 9.17) is 4.99 Å². The maximum absolute atomic E-state index is 13.9. The molecular formula is C18H25FN6S. The second-order valence-corrected chi connectivity index (χ2v) is 7.61. The van der Waals surface area contributed by atoms with Crippen molar-refractivity contribution >= 4 is 23.1 Å². The van der Waals surface area contributed by atoms with Gasteiger partial charge in [0.2, 0.25) is 0 Å². The smallest absolute Gasteiger partial charge is 0.191 e. The summed E-state index contributed by atoms with van der Waals surface area (Å²) in [5.41, 5.74) is 1.05. The summed E-state index contributed by atoms with van der Waals surface area (Å²) in [6.45, 7) is 8.96. The molecule has 26 heavy (non-hydrogen) atoms. The molecule has 0 spiro atoms. The third kappa shape index (κ3) is 4.49. The highest BCUT2D eigenvalue weighted by atomic mass is 32.1. The molecule has 0 bridgehead atoms. The number of anilines is 1. The van der Waals surface area contributed by atoms with E-state index in [1.54, 1.807) is 23.6 Å². The molecule has 0 radical (unpaired) electrons. The summed E-state index contributed by atoms with van der Waals surface area (Å²) in [7, 11) is 0. The first-order chi connectivity index (χ1) is 12.6. The van der Waals surface area contributed by atoms with Crippen LogP contribution in [0.1, 0.15) is 28.9 Å². The summed E-state index contributed by atoms with van der Waals surface area (Å²) in [4.78, 5) is 16.5. The molecule has 1 atom stereocenters. The number of aryl methyl sites for hydroxylation is 2. The van der Waals surface area contributed by atoms with Gasteiger partial charge >= 0.3 is 0 Å². The number of hydrogen-bond donors (Lipinski definition) is 2. The molecule has 0 amide bonds. The van der Waals surface area contributed by atoms with Gasteiger partial charge in [0.1, 0.15) is 0 Å². The third-order valence-electron chi connectivity index (χ3n) is 4.29. The van der Waals surface area contributed by atoms with Crippen LogP contribution in [0.2, 0.25) is 0 Å². The number of thiazole rings is 1. The quantitative estimate of drug-likeness (QED) is 0.620. The summed E-state index contributed by atoms with van der Waals surface area (Å²) >= 11 is 1.68. The summed E-state index contributed by atoms with van der Waals surface area (Å²) in [6.07, 6.45) is 2.54. The number of aromatic nitrogens is 2. The van der Waals surface area contributed by atoms with Gasteiger partial charge in [-0.3, -0.25) is 0 Å². The van der Waals surface area contributed by atoms with Crippen molar-refractivity contribution in [1.82, 2.24) is 20.6 Å². The number of aliphatic imine (C=N–C) groups is 1. The molecule has 8 heteroatoms. The Morgan fingerprint density at radius 1 is 1.46 bits per heavy atom. The van der Waals surface area contributed by atoms with E-state index in [2.05, 4.69) is 20.6 Å². The Kier molecular flexibility index (Phi) is 6.03. The van der Waals surface area contributed by atoms with Gasteiger partial charge < -0.3 is 15.5 Å². The molecule has 2 N–H and O–H groups in total. The van der Waals surface area contributed by atoms with E-state index in [1.807, 2.05) is 25.7 Å². The van der Waals surface area contributed by atoms with Gasteiger partial charge in [-0.15, -0.1) is 11.3 Å². The van der Waals surface area contributed by atoms with Gasteiger partial charge in [0.05, 0.1) is 17.2 Å². The van der Waals surface area contributed by atoms with E-state index in [1.165, 1.54) is 10.9 Å². The predicted octanol–water partition coefficient (Wildman–Crippen LogP) is 2.63. The molecule has 1 saturated heterocycles. The lowest BCUT2D eigenvalue weighted by molar-refractivity contribution is 0.612. The zero-order chi connectivity index (χ0) is 18.5. The molecule has 6 nitrogen and oxygen atoms in total. The number of nitrogens with one attached hydrogen (secondary N) is 2. The van der Waals surface area contributed by atoms with Crippen LogP contribution in [0.3, 0.4) is 0 Å². The van der Waals surface area contributed by atoms with Gasteiger partial charge in [0.25, 0.3) is 0 Å². The molecule has 2 aromatic heterocycles. The lowest BCUT2D eigenvalue weighted by Crippen LogP contribution is -2.44. The lowest BCUT2D eigenvalue weighted by atomic mass is 10.3. The first-order valence-corrected chi connectivity index (χ1v) is 9.71. The van der Waals surface area contributed by atoms with Gasteiger partial charge in [-0.25, -0.2) is 19.4 Å². The molecule has 140 valence electrons. The second kappa shape index (κ2) is 8.44. The number of guanidine groups is 1. The van der Waals surface area contributed by atoms with Crippen molar-refractivity contribution in [3.05, 3.63) is 39.7 Å². The first-order valence-electron chi connectivity index (χ1n) is 8.90. The average Bonchev–Trinajstić information content (AvgIpc) is 3.19. The molecule has 0 aliphatic carbocycles. The van der Waals surface area contributed by atoms with Crippen LogP contribution in [0, 0.1) is 19.7 Å². The molecule has 3 rings (SSSR count). The maximum Gasteiger partial charge on any atom is 0.191 e. The van der Waals surface area contributed by atoms with E-state index in [0.29, 0.717) is 18.9 Å². The van der Waals surface area contributed by atoms with E-state index in [0.717, 1.165) is 36.2 Å². The fraction of sp³-hybridized carbons (Fsp3) is 0.500. The average molecular weight is 377 g/mol. The summed E-state index contributed by atoms with van der Waals surface area (Å²) < 4.78 is 13.9. The SMILES string of the molecule is CCNC(=NCc1sc(C)nc1C)NC1CCN(c2ncccc2F)C1. The highest BCUT2D eigenvalue weighted by Gasteiger charge is 2.25. The number of pyridine rings is 1. The van der Waals surface area contributed by atoms with Crippen molar-refractivity contribution < 1.29 is 4.39 Å². The lowest BCUT2D eigenvalue weighted by Gasteiger charge is -2.19. The summed E-state index contributed by atoms with van der Waals surface area (Å²) in [5.74, 6) is 0.936. The minimum atomic E-state index is -0.273. The summed E-state index contributed by atoms with van der Waals surface area (Å²) in [6, 6.07) is 3.27. The molecule has 3 heterocycles. The van der Waals surface area contributed by atoms with Crippen molar-refractivity contribution in [1.29, 1.82) is 0 Å². The zero-order valence-corrected chi connectivity index (χ0v) is 16.2. The first kappa shape index (κ1) is 18.6. The number of halogens is 1. The Morgan fingerprint density at radius 2 is 2.31 bits per heavy atom. The van der Waals surface area contributed by atoms with E-state index < -0.39 is 0 Å². The topological polar surface area (TPSA) is 65.4 Å². The Labute approximate surface area is 157 Å². The fourth-order valence-corrected chi connectivity index (χ4v) is 3.93.